The first kappa shape index (κ1) is 16.3. The van der Waals surface area contributed by atoms with Gasteiger partial charge in [0, 0.05) is 37.8 Å². The second kappa shape index (κ2) is 6.64. The number of benzene rings is 1. The van der Waals surface area contributed by atoms with E-state index in [1.165, 1.54) is 18.4 Å². The van der Waals surface area contributed by atoms with E-state index in [4.69, 9.17) is 0 Å². The lowest BCUT2D eigenvalue weighted by Gasteiger charge is -2.35. The lowest BCUT2D eigenvalue weighted by molar-refractivity contribution is 0.0740. The molecular formula is C20H26N4O. The molecule has 5 rings (SSSR count). The molecule has 2 atom stereocenters. The maximum atomic E-state index is 13.1. The highest BCUT2D eigenvalue weighted by Gasteiger charge is 2.36. The highest BCUT2D eigenvalue weighted by Crippen LogP contribution is 2.29. The Labute approximate surface area is 148 Å². The third-order valence-electron chi connectivity index (χ3n) is 5.52. The fraction of sp³-hybridized carbons (Fsp3) is 0.500. The van der Waals surface area contributed by atoms with Crippen LogP contribution < -0.4 is 0 Å². The summed E-state index contributed by atoms with van der Waals surface area (Å²) in [5, 5.41) is 0. The van der Waals surface area contributed by atoms with Gasteiger partial charge in [-0.1, -0.05) is 11.6 Å². The quantitative estimate of drug-likeness (QED) is 0.875. The van der Waals surface area contributed by atoms with Crippen LogP contribution in [0.1, 0.15) is 37.0 Å². The number of aromatic nitrogens is 2. The molecule has 4 heterocycles. The molecule has 132 valence electrons. The van der Waals surface area contributed by atoms with Crippen LogP contribution in [0.3, 0.4) is 0 Å². The average molecular weight is 338 g/mol. The molecule has 25 heavy (non-hydrogen) atoms. The zero-order valence-corrected chi connectivity index (χ0v) is 15.0. The molecule has 3 saturated heterocycles. The number of nitrogens with one attached hydrogen (secondary N) is 1. The van der Waals surface area contributed by atoms with Crippen molar-refractivity contribution in [2.45, 2.75) is 32.7 Å². The zero-order valence-electron chi connectivity index (χ0n) is 15.0. The first-order chi connectivity index (χ1) is 12.1. The highest BCUT2D eigenvalue weighted by molar-refractivity contribution is 5.97. The Hall–Kier alpha value is -2.14. The van der Waals surface area contributed by atoms with Gasteiger partial charge in [-0.15, -0.1) is 0 Å². The summed E-state index contributed by atoms with van der Waals surface area (Å²) < 4.78 is 0. The summed E-state index contributed by atoms with van der Waals surface area (Å²) >= 11 is 0. The minimum atomic E-state index is 0.150. The Kier molecular flexibility index (Phi) is 4.34. The van der Waals surface area contributed by atoms with Crippen LogP contribution in [0.15, 0.2) is 36.2 Å². The van der Waals surface area contributed by atoms with Crippen molar-refractivity contribution in [1.29, 1.82) is 0 Å². The van der Waals surface area contributed by atoms with E-state index in [2.05, 4.69) is 39.7 Å². The molecule has 2 bridgehead atoms. The lowest BCUT2D eigenvalue weighted by atomic mass is 9.95. The van der Waals surface area contributed by atoms with Crippen LogP contribution in [0, 0.1) is 5.92 Å². The number of piperidine rings is 1. The number of carbonyl (C=O) groups excluding carboxylic acids is 1. The fourth-order valence-corrected chi connectivity index (χ4v) is 4.12. The van der Waals surface area contributed by atoms with E-state index in [0.717, 1.165) is 42.8 Å². The topological polar surface area (TPSA) is 52.2 Å². The van der Waals surface area contributed by atoms with Gasteiger partial charge in [0.25, 0.3) is 5.91 Å². The number of hydrogen-bond donors (Lipinski definition) is 1. The molecule has 5 heteroatoms. The Morgan fingerprint density at radius 1 is 1.28 bits per heavy atom. The molecule has 1 aromatic carbocycles. The molecule has 0 radical (unpaired) electrons. The molecule has 2 aromatic rings. The van der Waals surface area contributed by atoms with Crippen LogP contribution in [0.25, 0.3) is 11.0 Å². The third-order valence-corrected chi connectivity index (χ3v) is 5.52. The number of hydrogen-bond acceptors (Lipinski definition) is 3. The number of amides is 1. The van der Waals surface area contributed by atoms with Gasteiger partial charge in [-0.2, -0.15) is 0 Å². The van der Waals surface area contributed by atoms with Gasteiger partial charge in [-0.05, 0) is 50.8 Å². The number of H-pyrrole nitrogens is 1. The van der Waals surface area contributed by atoms with E-state index < -0.39 is 0 Å². The van der Waals surface area contributed by atoms with Crippen molar-refractivity contribution in [2.24, 2.45) is 5.92 Å². The van der Waals surface area contributed by atoms with Crippen LogP contribution in [-0.2, 0) is 0 Å². The Bertz CT molecular complexity index is 805. The molecule has 0 unspecified atom stereocenters. The van der Waals surface area contributed by atoms with E-state index in [1.807, 2.05) is 18.2 Å². The van der Waals surface area contributed by atoms with Crippen molar-refractivity contribution in [2.75, 3.05) is 26.2 Å². The van der Waals surface area contributed by atoms with Gasteiger partial charge in [0.05, 0.1) is 17.4 Å². The number of carbonyl (C=O) groups is 1. The van der Waals surface area contributed by atoms with Crippen LogP contribution in [0.2, 0.25) is 0 Å². The molecule has 0 spiro atoms. The maximum Gasteiger partial charge on any atom is 0.253 e. The van der Waals surface area contributed by atoms with Crippen LogP contribution in [0.4, 0.5) is 0 Å². The summed E-state index contributed by atoms with van der Waals surface area (Å²) in [6.07, 6.45) is 6.41. The van der Waals surface area contributed by atoms with Gasteiger partial charge in [-0.25, -0.2) is 4.98 Å². The number of imidazole rings is 1. The molecule has 1 amide bonds. The number of rotatable bonds is 3. The van der Waals surface area contributed by atoms with Crippen molar-refractivity contribution < 1.29 is 4.79 Å². The second-order valence-corrected chi connectivity index (χ2v) is 7.68. The van der Waals surface area contributed by atoms with Crippen molar-refractivity contribution in [3.63, 3.8) is 0 Å². The summed E-state index contributed by atoms with van der Waals surface area (Å²) in [5.74, 6) is 0.738. The lowest BCUT2D eigenvalue weighted by Crippen LogP contribution is -2.44. The van der Waals surface area contributed by atoms with Crippen molar-refractivity contribution in [3.05, 3.63) is 41.7 Å². The minimum absolute atomic E-state index is 0.150. The Morgan fingerprint density at radius 3 is 3.00 bits per heavy atom. The van der Waals surface area contributed by atoms with Crippen molar-refractivity contribution in [1.82, 2.24) is 19.8 Å². The maximum absolute atomic E-state index is 13.1. The second-order valence-electron chi connectivity index (χ2n) is 7.68. The van der Waals surface area contributed by atoms with Gasteiger partial charge in [0.15, 0.2) is 0 Å². The Balaban J connectivity index is 1.53. The largest absolute Gasteiger partial charge is 0.345 e. The van der Waals surface area contributed by atoms with Crippen LogP contribution >= 0.6 is 0 Å². The Morgan fingerprint density at radius 2 is 2.16 bits per heavy atom. The molecule has 3 fully saturated rings. The van der Waals surface area contributed by atoms with Gasteiger partial charge in [0.1, 0.15) is 0 Å². The summed E-state index contributed by atoms with van der Waals surface area (Å²) in [7, 11) is 0. The van der Waals surface area contributed by atoms with E-state index in [9.17, 15) is 4.79 Å². The standard InChI is InChI=1S/C20H26N4O/c1-14(2)7-8-23-10-15-3-5-17(23)12-24(11-15)20(25)16-4-6-18-19(9-16)22-13-21-18/h4,6-7,9,13,15,17H,3,5,8,10-12H2,1-2H3,(H,21,22)/t15-,17-/m0/s1. The minimum Gasteiger partial charge on any atom is -0.345 e. The molecule has 0 aliphatic carbocycles. The zero-order chi connectivity index (χ0) is 17.4. The molecule has 3 aliphatic heterocycles. The van der Waals surface area contributed by atoms with E-state index in [-0.39, 0.29) is 5.91 Å². The average Bonchev–Trinajstić information content (AvgIpc) is 2.89. The van der Waals surface area contributed by atoms with E-state index >= 15 is 0 Å². The number of fused-ring (bicyclic) bond motifs is 5. The normalized spacial score (nSPS) is 23.7. The third kappa shape index (κ3) is 3.33. The molecule has 1 N–H and O–H groups in total. The summed E-state index contributed by atoms with van der Waals surface area (Å²) in [4.78, 5) is 25.0. The van der Waals surface area contributed by atoms with Gasteiger partial charge < -0.3 is 9.88 Å². The monoisotopic (exact) mass is 338 g/mol. The van der Waals surface area contributed by atoms with Crippen LogP contribution in [0.5, 0.6) is 0 Å². The first-order valence-corrected chi connectivity index (χ1v) is 9.20. The van der Waals surface area contributed by atoms with Crippen molar-refractivity contribution in [3.8, 4) is 0 Å². The van der Waals surface area contributed by atoms with E-state index in [0.29, 0.717) is 12.0 Å². The molecule has 0 saturated carbocycles. The predicted octanol–water partition coefficient (Wildman–Crippen LogP) is 3.07. The predicted molar refractivity (Wildman–Crippen MR) is 99.5 cm³/mol. The van der Waals surface area contributed by atoms with E-state index in [1.54, 1.807) is 6.33 Å². The molecule has 3 aliphatic rings. The number of nitrogens with zero attached hydrogens (tertiary/aromatic N) is 3. The van der Waals surface area contributed by atoms with Gasteiger partial charge >= 0.3 is 0 Å². The summed E-state index contributed by atoms with van der Waals surface area (Å²) in [6.45, 7) is 8.13. The fourth-order valence-electron chi connectivity index (χ4n) is 4.12. The summed E-state index contributed by atoms with van der Waals surface area (Å²) in [5.41, 5.74) is 3.95. The SMILES string of the molecule is CC(C)=CCN1C[C@@H]2CC[C@H]1CN(C(=O)c1ccc3nc[nH]c3c1)C2. The summed E-state index contributed by atoms with van der Waals surface area (Å²) in [6, 6.07) is 6.23. The number of allylic oxidation sites excluding steroid dienone is 1. The molecular weight excluding hydrogens is 312 g/mol. The molecule has 1 aromatic heterocycles. The van der Waals surface area contributed by atoms with Gasteiger partial charge in [0.2, 0.25) is 0 Å². The van der Waals surface area contributed by atoms with Crippen molar-refractivity contribution >= 4 is 16.9 Å². The smallest absolute Gasteiger partial charge is 0.253 e. The first-order valence-electron chi connectivity index (χ1n) is 9.20. The van der Waals surface area contributed by atoms with Crippen LogP contribution in [-0.4, -0.2) is 57.9 Å². The number of aromatic amines is 1. The molecule has 5 nitrogen and oxygen atoms in total. The highest BCUT2D eigenvalue weighted by atomic mass is 16.2. The van der Waals surface area contributed by atoms with Gasteiger partial charge in [-0.3, -0.25) is 9.69 Å².